The first kappa shape index (κ1) is 17.7. The van der Waals surface area contributed by atoms with Gasteiger partial charge in [-0.25, -0.2) is 0 Å². The van der Waals surface area contributed by atoms with Gasteiger partial charge in [0, 0.05) is 16.5 Å². The van der Waals surface area contributed by atoms with E-state index in [-0.39, 0.29) is 12.2 Å². The Balaban J connectivity index is 1.82. The van der Waals surface area contributed by atoms with Crippen LogP contribution in [-0.2, 0) is 11.2 Å². The van der Waals surface area contributed by atoms with Gasteiger partial charge in [0.2, 0.25) is 5.91 Å². The topological polar surface area (TPSA) is 82.5 Å². The van der Waals surface area contributed by atoms with Crippen molar-refractivity contribution in [1.82, 2.24) is 0 Å². The average Bonchev–Trinajstić information content (AvgIpc) is 2.95. The molecule has 2 N–H and O–H groups in total. The highest BCUT2D eigenvalue weighted by molar-refractivity contribution is 5.93. The zero-order chi connectivity index (χ0) is 18.8. The number of rotatable bonds is 5. The molecule has 0 atom stereocenters. The van der Waals surface area contributed by atoms with Gasteiger partial charge in [-0.15, -0.1) is 0 Å². The average molecular weight is 351 g/mol. The highest BCUT2D eigenvalue weighted by Gasteiger charge is 2.15. The lowest BCUT2D eigenvalue weighted by Crippen LogP contribution is -2.13. The molecule has 0 unspecified atom stereocenters. The van der Waals surface area contributed by atoms with Gasteiger partial charge >= 0.3 is 5.97 Å². The molecule has 134 valence electrons. The summed E-state index contributed by atoms with van der Waals surface area (Å²) in [5.41, 5.74) is 9.46. The first-order chi connectivity index (χ1) is 12.3. The molecule has 1 heterocycles. The Labute approximate surface area is 151 Å². The van der Waals surface area contributed by atoms with Crippen molar-refractivity contribution < 1.29 is 18.7 Å². The summed E-state index contributed by atoms with van der Waals surface area (Å²) in [4.78, 5) is 23.5. The molecule has 26 heavy (non-hydrogen) atoms. The first-order valence-corrected chi connectivity index (χ1v) is 8.46. The number of aryl methyl sites for hydroxylation is 1. The monoisotopic (exact) mass is 351 g/mol. The molecule has 0 radical (unpaired) electrons. The van der Waals surface area contributed by atoms with Gasteiger partial charge in [0.05, 0.1) is 12.7 Å². The second kappa shape index (κ2) is 7.04. The minimum Gasteiger partial charge on any atom is -0.464 e. The molecular weight excluding hydrogens is 330 g/mol. The molecule has 3 rings (SSSR count). The van der Waals surface area contributed by atoms with Crippen LogP contribution in [-0.4, -0.2) is 11.9 Å². The minimum absolute atomic E-state index is 0.0778. The maximum atomic E-state index is 12.3. The number of hydrogen-bond donors (Lipinski definition) is 1. The third kappa shape index (κ3) is 3.61. The van der Waals surface area contributed by atoms with Crippen molar-refractivity contribution in [2.75, 3.05) is 0 Å². The molecule has 0 saturated heterocycles. The molecule has 0 saturated carbocycles. The van der Waals surface area contributed by atoms with E-state index in [1.807, 2.05) is 6.07 Å². The van der Waals surface area contributed by atoms with Crippen molar-refractivity contribution in [1.29, 1.82) is 0 Å². The molecule has 5 nitrogen and oxygen atoms in total. The molecule has 0 aliphatic carbocycles. The number of benzene rings is 2. The Morgan fingerprint density at radius 2 is 1.96 bits per heavy atom. The Kier molecular flexibility index (Phi) is 4.80. The quantitative estimate of drug-likeness (QED) is 0.554. The zero-order valence-corrected chi connectivity index (χ0v) is 15.0. The summed E-state index contributed by atoms with van der Waals surface area (Å²) in [6.45, 7) is 6.32. The maximum Gasteiger partial charge on any atom is 0.315 e. The second-order valence-electron chi connectivity index (χ2n) is 6.66. The summed E-state index contributed by atoms with van der Waals surface area (Å²) in [5, 5.41) is 0.919. The van der Waals surface area contributed by atoms with Gasteiger partial charge < -0.3 is 14.9 Å². The molecule has 0 spiro atoms. The van der Waals surface area contributed by atoms with E-state index in [0.29, 0.717) is 11.5 Å². The number of primary amides is 1. The van der Waals surface area contributed by atoms with E-state index in [2.05, 4.69) is 26.8 Å². The summed E-state index contributed by atoms with van der Waals surface area (Å²) in [6.07, 6.45) is 1.67. The number of nitrogens with two attached hydrogens (primary N) is 1. The molecule has 0 bridgehead atoms. The summed E-state index contributed by atoms with van der Waals surface area (Å²) < 4.78 is 10.9. The van der Waals surface area contributed by atoms with Gasteiger partial charge in [-0.05, 0) is 54.3 Å². The van der Waals surface area contributed by atoms with E-state index in [0.717, 1.165) is 16.5 Å². The van der Waals surface area contributed by atoms with Crippen molar-refractivity contribution in [3.05, 3.63) is 64.9 Å². The SMILES string of the molecule is Cc1cc2occ(CC(=O)Oc3cccc(C(N)=O)c3)c2cc1C(C)C. The fourth-order valence-corrected chi connectivity index (χ4v) is 3.04. The van der Waals surface area contributed by atoms with E-state index in [1.54, 1.807) is 24.5 Å². The maximum absolute atomic E-state index is 12.3. The third-order valence-electron chi connectivity index (χ3n) is 4.35. The van der Waals surface area contributed by atoms with Crippen LogP contribution < -0.4 is 10.5 Å². The standard InChI is InChI=1S/C21H21NO4/c1-12(2)17-10-18-15(11-25-19(18)7-13(17)3)9-20(23)26-16-6-4-5-14(8-16)21(22)24/h4-8,10-12H,9H2,1-3H3,(H2,22,24). The Hall–Kier alpha value is -3.08. The lowest BCUT2D eigenvalue weighted by Gasteiger charge is -2.10. The Morgan fingerprint density at radius 1 is 1.19 bits per heavy atom. The molecule has 3 aromatic rings. The van der Waals surface area contributed by atoms with Gasteiger partial charge in [0.1, 0.15) is 11.3 Å². The number of ether oxygens (including phenoxy) is 1. The van der Waals surface area contributed by atoms with Gasteiger partial charge in [-0.1, -0.05) is 19.9 Å². The highest BCUT2D eigenvalue weighted by atomic mass is 16.5. The zero-order valence-electron chi connectivity index (χ0n) is 15.0. The van der Waals surface area contributed by atoms with Crippen LogP contribution in [0.1, 0.15) is 46.8 Å². The Bertz CT molecular complexity index is 985. The number of fused-ring (bicyclic) bond motifs is 1. The highest BCUT2D eigenvalue weighted by Crippen LogP contribution is 2.29. The molecular formula is C21H21NO4. The van der Waals surface area contributed by atoms with Crippen molar-refractivity contribution >= 4 is 22.8 Å². The van der Waals surface area contributed by atoms with Gasteiger partial charge in [-0.2, -0.15) is 0 Å². The van der Waals surface area contributed by atoms with E-state index in [9.17, 15) is 9.59 Å². The van der Waals surface area contributed by atoms with Crippen molar-refractivity contribution in [3.63, 3.8) is 0 Å². The van der Waals surface area contributed by atoms with E-state index >= 15 is 0 Å². The van der Waals surface area contributed by atoms with Crippen LogP contribution in [0.15, 0.2) is 47.1 Å². The molecule has 1 amide bonds. The van der Waals surface area contributed by atoms with Crippen LogP contribution in [0.5, 0.6) is 5.75 Å². The molecule has 0 aliphatic rings. The predicted octanol–water partition coefficient (Wildman–Crippen LogP) is 4.11. The largest absolute Gasteiger partial charge is 0.464 e. The molecule has 5 heteroatoms. The van der Waals surface area contributed by atoms with E-state index in [4.69, 9.17) is 14.9 Å². The van der Waals surface area contributed by atoms with Crippen LogP contribution >= 0.6 is 0 Å². The van der Waals surface area contributed by atoms with Crippen molar-refractivity contribution in [2.45, 2.75) is 33.1 Å². The normalized spacial score (nSPS) is 11.1. The number of esters is 1. The van der Waals surface area contributed by atoms with E-state index in [1.165, 1.54) is 17.2 Å². The molecule has 1 aromatic heterocycles. The van der Waals surface area contributed by atoms with Gasteiger partial charge in [-0.3, -0.25) is 9.59 Å². The Morgan fingerprint density at radius 3 is 2.65 bits per heavy atom. The summed E-state index contributed by atoms with van der Waals surface area (Å²) in [5.74, 6) is -0.329. The molecule has 2 aromatic carbocycles. The van der Waals surface area contributed by atoms with Crippen molar-refractivity contribution in [2.24, 2.45) is 5.73 Å². The minimum atomic E-state index is -0.569. The lowest BCUT2D eigenvalue weighted by molar-refractivity contribution is -0.133. The molecule has 0 aliphatic heterocycles. The number of carbonyl (C=O) groups excluding carboxylic acids is 2. The third-order valence-corrected chi connectivity index (χ3v) is 4.35. The fraction of sp³-hybridized carbons (Fsp3) is 0.238. The smallest absolute Gasteiger partial charge is 0.315 e. The summed E-state index contributed by atoms with van der Waals surface area (Å²) >= 11 is 0. The lowest BCUT2D eigenvalue weighted by atomic mass is 9.95. The first-order valence-electron chi connectivity index (χ1n) is 8.46. The summed E-state index contributed by atoms with van der Waals surface area (Å²) in [7, 11) is 0. The van der Waals surface area contributed by atoms with Crippen LogP contribution in [0.2, 0.25) is 0 Å². The van der Waals surface area contributed by atoms with Crippen molar-refractivity contribution in [3.8, 4) is 5.75 Å². The van der Waals surface area contributed by atoms with Crippen LogP contribution in [0.4, 0.5) is 0 Å². The van der Waals surface area contributed by atoms with Crippen LogP contribution in [0, 0.1) is 6.92 Å². The predicted molar refractivity (Wildman–Crippen MR) is 99.3 cm³/mol. The number of carbonyl (C=O) groups is 2. The van der Waals surface area contributed by atoms with Gasteiger partial charge in [0.15, 0.2) is 0 Å². The fourth-order valence-electron chi connectivity index (χ4n) is 3.04. The van der Waals surface area contributed by atoms with E-state index < -0.39 is 11.9 Å². The van der Waals surface area contributed by atoms with Gasteiger partial charge in [0.25, 0.3) is 0 Å². The van der Waals surface area contributed by atoms with Crippen LogP contribution in [0.3, 0.4) is 0 Å². The second-order valence-corrected chi connectivity index (χ2v) is 6.66. The number of furan rings is 1. The van der Waals surface area contributed by atoms with Crippen LogP contribution in [0.25, 0.3) is 11.0 Å². The molecule has 0 fully saturated rings. The summed E-state index contributed by atoms with van der Waals surface area (Å²) in [6, 6.07) is 10.3. The number of amides is 1. The number of hydrogen-bond acceptors (Lipinski definition) is 4.